The Labute approximate surface area is 678 Å². The predicted octanol–water partition coefficient (Wildman–Crippen LogP) is 9.54. The van der Waals surface area contributed by atoms with Gasteiger partial charge in [0.2, 0.25) is 17.8 Å². The van der Waals surface area contributed by atoms with Gasteiger partial charge < -0.3 is 89.0 Å². The summed E-state index contributed by atoms with van der Waals surface area (Å²) in [7, 11) is -0.330. The van der Waals surface area contributed by atoms with Gasteiger partial charge in [-0.1, -0.05) is 35.4 Å². The number of rotatable bonds is 14. The molecule has 608 valence electrons. The molecule has 7 saturated heterocycles. The second-order valence-electron chi connectivity index (χ2n) is 30.7. The van der Waals surface area contributed by atoms with E-state index in [0.29, 0.717) is 92.5 Å². The van der Waals surface area contributed by atoms with Crippen molar-refractivity contribution < 1.29 is 52.4 Å². The third-order valence-electron chi connectivity index (χ3n) is 20.9. The Balaban J connectivity index is 0.000000149. The van der Waals surface area contributed by atoms with Gasteiger partial charge in [0.25, 0.3) is 5.91 Å². The summed E-state index contributed by atoms with van der Waals surface area (Å²) >= 11 is 6.12. The van der Waals surface area contributed by atoms with Gasteiger partial charge in [0.15, 0.2) is 0 Å². The van der Waals surface area contributed by atoms with Crippen LogP contribution < -0.4 is 51.6 Å². The number of aromatic nitrogens is 8. The van der Waals surface area contributed by atoms with Crippen molar-refractivity contribution in [2.75, 3.05) is 204 Å². The number of benzene rings is 3. The fourth-order valence-corrected chi connectivity index (χ4v) is 13.2. The van der Waals surface area contributed by atoms with Gasteiger partial charge in [-0.2, -0.15) is 25.5 Å². The maximum atomic E-state index is 13.2. The number of carbonyl (C=O) groups is 2. The Morgan fingerprint density at radius 1 is 0.470 bits per heavy atom. The summed E-state index contributed by atoms with van der Waals surface area (Å²) in [6.45, 7) is 39.3. The molecule has 15 rings (SSSR count). The summed E-state index contributed by atoms with van der Waals surface area (Å²) in [5.74, 6) is 3.53. The minimum Gasteiger partial charge on any atom is -0.478 e. The van der Waals surface area contributed by atoms with Crippen molar-refractivity contribution in [2.24, 2.45) is 0 Å². The van der Waals surface area contributed by atoms with Crippen LogP contribution in [0.2, 0.25) is 5.15 Å². The first kappa shape index (κ1) is 85.4. The Bertz CT molecular complexity index is 4620. The molecule has 0 saturated carbocycles. The normalized spacial score (nSPS) is 17.5. The van der Waals surface area contributed by atoms with E-state index < -0.39 is 16.8 Å². The van der Waals surface area contributed by atoms with E-state index in [9.17, 15) is 14.9 Å². The van der Waals surface area contributed by atoms with Crippen LogP contribution in [-0.4, -0.2) is 233 Å². The average Bonchev–Trinajstić information content (AvgIpc) is 1.65. The van der Waals surface area contributed by atoms with Crippen LogP contribution in [0.25, 0.3) is 22.5 Å². The van der Waals surface area contributed by atoms with E-state index in [1.165, 1.54) is 18.3 Å². The van der Waals surface area contributed by atoms with Gasteiger partial charge in [0.05, 0.1) is 142 Å². The number of carboxylic acid groups (broad SMARTS) is 1. The number of nitrogens with one attached hydrogen (secondary N) is 1. The lowest BCUT2D eigenvalue weighted by molar-refractivity contribution is 0.00578. The molecule has 0 radical (unpaired) electrons. The number of ether oxygens (including phenoxy) is 6. The molecule has 7 aliphatic heterocycles. The maximum Gasteiger partial charge on any atom is 0.495 e. The number of halogens is 1. The van der Waals surface area contributed by atoms with Crippen LogP contribution in [0.15, 0.2) is 109 Å². The topological polar surface area (TPSA) is 362 Å². The highest BCUT2D eigenvalue weighted by atomic mass is 35.5. The second kappa shape index (κ2) is 38.8. The number of nitrogen functional groups attached to an aromatic ring is 2. The number of aromatic carboxylic acids is 1. The highest BCUT2D eigenvalue weighted by Crippen LogP contribution is 2.38. The highest BCUT2D eigenvalue weighted by Gasteiger charge is 2.52. The lowest BCUT2D eigenvalue weighted by atomic mass is 9.76. The molecule has 0 bridgehead atoms. The minimum atomic E-state index is -1.01. The molecule has 0 unspecified atom stereocenters. The molecule has 3 aromatic carbocycles. The standard InChI is InChI=1S/C29H33N7O3.C19H25N5O2.C13H20BNO2.C12H17ClN4O2.C10H10N2O2/c1-20-4-5-22(32-27(37)21-6-7-31-25(16-21)29(2,3)19-30)17-23(20)24-18-26(35-8-12-38-13-9-35)34-28(33-24)36-10-14-39-15-11-36;1-14-2-3-15(20)12-16(14)17-13-18(23-4-8-25-9-5-23)22-19(21-17)24-6-10-26-11-7-24;1-9-6-7-10(15)8-11(9)14-16-12(2,3)13(4,5)17-14;13-10-9-11(16-1-5-18-6-2-16)15-12(14-10)17-3-7-19-8-4-17;1-10(2,6-11)8-5-7(9(13)14)3-4-12-8/h4-7,16-18H,8-15H2,1-3H3,(H,32,37);2-3,12-13H,4-11,20H2,1H3;6-8H,15H2,1-5H3;9H,1-8H2;3-5H,1-2H3,(H,13,14). The van der Waals surface area contributed by atoms with E-state index in [2.05, 4.69) is 107 Å². The van der Waals surface area contributed by atoms with E-state index in [4.69, 9.17) is 91.1 Å². The van der Waals surface area contributed by atoms with Crippen LogP contribution in [-0.2, 0) is 48.6 Å². The summed E-state index contributed by atoms with van der Waals surface area (Å²) in [6, 6.07) is 33.9. The van der Waals surface area contributed by atoms with E-state index in [-0.39, 0.29) is 29.8 Å². The number of aryl methyl sites for hydroxylation is 3. The van der Waals surface area contributed by atoms with Gasteiger partial charge in [-0.15, -0.1) is 0 Å². The van der Waals surface area contributed by atoms with Crippen LogP contribution in [0.3, 0.4) is 0 Å². The van der Waals surface area contributed by atoms with E-state index >= 15 is 0 Å². The predicted molar refractivity (Wildman–Crippen MR) is 446 cm³/mol. The number of nitrogens with two attached hydrogens (primary N) is 2. The molecular weight excluding hydrogens is 1490 g/mol. The second-order valence-corrected chi connectivity index (χ2v) is 31.1. The van der Waals surface area contributed by atoms with E-state index in [0.717, 1.165) is 184 Å². The minimum absolute atomic E-state index is 0.151. The molecule has 6 N–H and O–H groups in total. The first-order chi connectivity index (χ1) is 55.1. The molecule has 12 heterocycles. The van der Waals surface area contributed by atoms with Gasteiger partial charge in [-0.25, -0.2) is 19.7 Å². The first-order valence-corrected chi connectivity index (χ1v) is 39.2. The number of morpholine rings is 6. The number of carboxylic acids is 1. The molecule has 0 spiro atoms. The third-order valence-corrected chi connectivity index (χ3v) is 21.1. The smallest absolute Gasteiger partial charge is 0.478 e. The fraction of sp³-hybridized carbons (Fsp3) is 0.470. The fourth-order valence-electron chi connectivity index (χ4n) is 13.0. The summed E-state index contributed by atoms with van der Waals surface area (Å²) in [6.07, 6.45) is 2.96. The van der Waals surface area contributed by atoms with Gasteiger partial charge in [0, 0.05) is 143 Å². The number of nitrogens with zero attached hydrogens (tertiary/aromatic N) is 16. The number of amides is 1. The highest BCUT2D eigenvalue weighted by molar-refractivity contribution is 6.62. The summed E-state index contributed by atoms with van der Waals surface area (Å²) in [5, 5.41) is 30.5. The van der Waals surface area contributed by atoms with Gasteiger partial charge in [0.1, 0.15) is 22.6 Å². The maximum absolute atomic E-state index is 13.2. The quantitative estimate of drug-likeness (QED) is 0.0447. The van der Waals surface area contributed by atoms with Gasteiger partial charge in [-0.05, 0) is 153 Å². The van der Waals surface area contributed by atoms with Crippen molar-refractivity contribution >= 4 is 88.4 Å². The molecular formula is C83H105BClN19O11. The largest absolute Gasteiger partial charge is 0.495 e. The molecule has 32 heteroatoms. The lowest BCUT2D eigenvalue weighted by Crippen LogP contribution is -2.41. The SMILES string of the molecule is CC(C)(C#N)c1cc(C(=O)O)ccn1.Cc1ccc(N)cc1-c1cc(N2CCOCC2)nc(N2CCOCC2)n1.Cc1ccc(N)cc1B1OC(C)(C)C(C)(C)O1.Cc1ccc(NC(=O)c2ccnc(C(C)(C)C#N)c2)cc1-c1cc(N2CCOCC2)nc(N2CCOCC2)n1.Clc1cc(N2CCOCC2)nc(N2CCOCC2)n1. The molecule has 8 aromatic rings. The number of hydrogen-bond donors (Lipinski definition) is 4. The Kier molecular flexibility index (Phi) is 28.8. The molecule has 7 aliphatic rings. The third kappa shape index (κ3) is 22.6. The molecule has 115 heavy (non-hydrogen) atoms. The number of carbonyl (C=O) groups excluding carboxylic acids is 1. The zero-order valence-corrected chi connectivity index (χ0v) is 68.4. The summed E-state index contributed by atoms with van der Waals surface area (Å²) in [5.41, 5.74) is 21.4. The van der Waals surface area contributed by atoms with Crippen molar-refractivity contribution in [1.82, 2.24) is 39.9 Å². The Morgan fingerprint density at radius 2 is 0.826 bits per heavy atom. The molecule has 5 aromatic heterocycles. The first-order valence-electron chi connectivity index (χ1n) is 38.9. The van der Waals surface area contributed by atoms with Crippen LogP contribution in [0.4, 0.5) is 52.4 Å². The molecule has 0 atom stereocenters. The molecule has 7 fully saturated rings. The number of pyridine rings is 2. The number of anilines is 9. The number of nitriles is 2. The summed E-state index contributed by atoms with van der Waals surface area (Å²) in [4.78, 5) is 73.7. The average molecular weight is 1590 g/mol. The van der Waals surface area contributed by atoms with E-state index in [1.54, 1.807) is 46.0 Å². The lowest BCUT2D eigenvalue weighted by Gasteiger charge is -2.32. The zero-order valence-electron chi connectivity index (χ0n) is 67.7. The van der Waals surface area contributed by atoms with Crippen LogP contribution in [0.5, 0.6) is 0 Å². The van der Waals surface area contributed by atoms with Crippen molar-refractivity contribution in [1.29, 1.82) is 10.5 Å². The number of hydrogen-bond acceptors (Lipinski definition) is 28. The molecule has 1 amide bonds. The Hall–Kier alpha value is -10.4. The monoisotopic (exact) mass is 1590 g/mol. The van der Waals surface area contributed by atoms with Crippen molar-refractivity contribution in [3.8, 4) is 34.7 Å². The zero-order chi connectivity index (χ0) is 82.0. The summed E-state index contributed by atoms with van der Waals surface area (Å²) < 4.78 is 44.8. The molecule has 0 aliphatic carbocycles. The van der Waals surface area contributed by atoms with Crippen molar-refractivity contribution in [3.63, 3.8) is 0 Å². The Morgan fingerprint density at radius 3 is 1.24 bits per heavy atom. The van der Waals surface area contributed by atoms with Crippen LogP contribution in [0.1, 0.15) is 104 Å². The molecule has 30 nitrogen and oxygen atoms in total. The van der Waals surface area contributed by atoms with E-state index in [1.807, 2.05) is 80.6 Å². The van der Waals surface area contributed by atoms with Crippen molar-refractivity contribution in [3.05, 3.63) is 154 Å². The van der Waals surface area contributed by atoms with Crippen molar-refractivity contribution in [2.45, 2.75) is 98.2 Å². The van der Waals surface area contributed by atoms with Crippen LogP contribution >= 0.6 is 11.6 Å². The van der Waals surface area contributed by atoms with Gasteiger partial charge >= 0.3 is 13.1 Å². The van der Waals surface area contributed by atoms with Crippen LogP contribution in [0, 0.1) is 43.4 Å². The van der Waals surface area contributed by atoms with Gasteiger partial charge in [-0.3, -0.25) is 14.8 Å².